The van der Waals surface area contributed by atoms with Gasteiger partial charge in [0.15, 0.2) is 0 Å². The number of anilines is 1. The molecule has 0 aliphatic carbocycles. The summed E-state index contributed by atoms with van der Waals surface area (Å²) in [6.45, 7) is 1.71. The van der Waals surface area contributed by atoms with Crippen LogP contribution in [-0.4, -0.2) is 35.2 Å². The van der Waals surface area contributed by atoms with Gasteiger partial charge in [-0.3, -0.25) is 9.59 Å². The molecule has 98 valence electrons. The summed E-state index contributed by atoms with van der Waals surface area (Å²) in [5.74, 6) is -1.97. The number of hydrogen-bond donors (Lipinski definition) is 2. The van der Waals surface area contributed by atoms with Crippen LogP contribution in [0.2, 0.25) is 5.02 Å². The first-order valence-corrected chi connectivity index (χ1v) is 5.72. The lowest BCUT2D eigenvalue weighted by Crippen LogP contribution is -2.32. The quantitative estimate of drug-likeness (QED) is 0.828. The highest BCUT2D eigenvalue weighted by Crippen LogP contribution is 2.23. The molecule has 0 saturated heterocycles. The van der Waals surface area contributed by atoms with E-state index in [-0.39, 0.29) is 19.5 Å². The van der Waals surface area contributed by atoms with Crippen molar-refractivity contribution in [2.45, 2.75) is 13.3 Å². The SMILES string of the molecule is Cc1cc(Cl)ccc1N(CCC(=O)O)CC(=O)O. The van der Waals surface area contributed by atoms with Crippen molar-refractivity contribution in [3.05, 3.63) is 28.8 Å². The van der Waals surface area contributed by atoms with Gasteiger partial charge in [0.2, 0.25) is 0 Å². The zero-order valence-electron chi connectivity index (χ0n) is 9.89. The average molecular weight is 272 g/mol. The van der Waals surface area contributed by atoms with Crippen LogP contribution in [0.3, 0.4) is 0 Å². The summed E-state index contributed by atoms with van der Waals surface area (Å²) in [4.78, 5) is 22.9. The van der Waals surface area contributed by atoms with Crippen molar-refractivity contribution in [2.24, 2.45) is 0 Å². The molecule has 0 spiro atoms. The summed E-state index contributed by atoms with van der Waals surface area (Å²) in [5.41, 5.74) is 1.50. The normalized spacial score (nSPS) is 10.1. The smallest absolute Gasteiger partial charge is 0.323 e. The molecule has 0 bridgehead atoms. The van der Waals surface area contributed by atoms with E-state index in [9.17, 15) is 9.59 Å². The van der Waals surface area contributed by atoms with Gasteiger partial charge in [0.1, 0.15) is 6.54 Å². The number of aryl methyl sites for hydroxylation is 1. The second-order valence-corrected chi connectivity index (χ2v) is 4.33. The van der Waals surface area contributed by atoms with Crippen molar-refractivity contribution in [2.75, 3.05) is 18.0 Å². The van der Waals surface area contributed by atoms with Gasteiger partial charge in [0, 0.05) is 17.3 Å². The van der Waals surface area contributed by atoms with Crippen LogP contribution in [0.15, 0.2) is 18.2 Å². The van der Waals surface area contributed by atoms with Crippen molar-refractivity contribution >= 4 is 29.2 Å². The van der Waals surface area contributed by atoms with Crippen molar-refractivity contribution in [3.8, 4) is 0 Å². The molecule has 0 heterocycles. The summed E-state index contributed by atoms with van der Waals surface area (Å²) in [6, 6.07) is 5.06. The maximum absolute atomic E-state index is 10.8. The number of nitrogens with zero attached hydrogens (tertiary/aromatic N) is 1. The maximum Gasteiger partial charge on any atom is 0.323 e. The Bertz CT molecular complexity index is 461. The van der Waals surface area contributed by atoms with Crippen LogP contribution in [0.5, 0.6) is 0 Å². The Balaban J connectivity index is 2.93. The Morgan fingerprint density at radius 1 is 1.28 bits per heavy atom. The fraction of sp³-hybridized carbons (Fsp3) is 0.333. The standard InChI is InChI=1S/C12H14ClNO4/c1-8-6-9(13)2-3-10(8)14(7-12(17)18)5-4-11(15)16/h2-3,6H,4-5,7H2,1H3,(H,15,16)(H,17,18). The summed E-state index contributed by atoms with van der Waals surface area (Å²) in [6.07, 6.45) is -0.116. The van der Waals surface area contributed by atoms with Gasteiger partial charge in [-0.05, 0) is 30.7 Å². The fourth-order valence-electron chi connectivity index (χ4n) is 1.65. The largest absolute Gasteiger partial charge is 0.481 e. The molecule has 0 aromatic heterocycles. The van der Waals surface area contributed by atoms with Crippen LogP contribution in [-0.2, 0) is 9.59 Å². The molecule has 18 heavy (non-hydrogen) atoms. The van der Waals surface area contributed by atoms with E-state index in [2.05, 4.69) is 0 Å². The molecule has 0 saturated carbocycles. The fourth-order valence-corrected chi connectivity index (χ4v) is 1.88. The van der Waals surface area contributed by atoms with E-state index in [4.69, 9.17) is 21.8 Å². The number of hydrogen-bond acceptors (Lipinski definition) is 3. The Hall–Kier alpha value is -1.75. The first-order valence-electron chi connectivity index (χ1n) is 5.35. The third kappa shape index (κ3) is 4.25. The van der Waals surface area contributed by atoms with Gasteiger partial charge in [-0.1, -0.05) is 11.6 Å². The molecule has 0 radical (unpaired) electrons. The second-order valence-electron chi connectivity index (χ2n) is 3.89. The zero-order chi connectivity index (χ0) is 13.7. The van der Waals surface area contributed by atoms with Crippen LogP contribution in [0.1, 0.15) is 12.0 Å². The predicted octanol–water partition coefficient (Wildman–Crippen LogP) is 2.01. The molecular weight excluding hydrogens is 258 g/mol. The van der Waals surface area contributed by atoms with Gasteiger partial charge in [-0.15, -0.1) is 0 Å². The lowest BCUT2D eigenvalue weighted by Gasteiger charge is -2.24. The first-order chi connectivity index (χ1) is 8.40. The summed E-state index contributed by atoms with van der Waals surface area (Å²) in [7, 11) is 0. The number of halogens is 1. The molecule has 0 amide bonds. The van der Waals surface area contributed by atoms with E-state index >= 15 is 0 Å². The molecule has 0 aliphatic heterocycles. The molecule has 1 rings (SSSR count). The lowest BCUT2D eigenvalue weighted by molar-refractivity contribution is -0.138. The molecule has 2 N–H and O–H groups in total. The van der Waals surface area contributed by atoms with E-state index in [1.165, 1.54) is 4.90 Å². The highest BCUT2D eigenvalue weighted by atomic mass is 35.5. The number of carboxylic acid groups (broad SMARTS) is 2. The molecule has 1 aromatic carbocycles. The molecule has 1 aromatic rings. The van der Waals surface area contributed by atoms with Crippen LogP contribution in [0, 0.1) is 6.92 Å². The predicted molar refractivity (Wildman–Crippen MR) is 68.3 cm³/mol. The molecule has 5 nitrogen and oxygen atoms in total. The highest BCUT2D eigenvalue weighted by Gasteiger charge is 2.14. The Kier molecular flexibility index (Phi) is 4.97. The van der Waals surface area contributed by atoms with Gasteiger partial charge >= 0.3 is 11.9 Å². The van der Waals surface area contributed by atoms with Gasteiger partial charge < -0.3 is 15.1 Å². The molecule has 0 fully saturated rings. The number of benzene rings is 1. The lowest BCUT2D eigenvalue weighted by atomic mass is 10.1. The van der Waals surface area contributed by atoms with Crippen LogP contribution < -0.4 is 4.90 Å². The minimum Gasteiger partial charge on any atom is -0.481 e. The number of rotatable bonds is 6. The Morgan fingerprint density at radius 3 is 2.44 bits per heavy atom. The number of carbonyl (C=O) groups is 2. The maximum atomic E-state index is 10.8. The van der Waals surface area contributed by atoms with E-state index in [0.29, 0.717) is 10.7 Å². The third-order valence-electron chi connectivity index (χ3n) is 2.42. The van der Waals surface area contributed by atoms with Crippen molar-refractivity contribution < 1.29 is 19.8 Å². The van der Waals surface area contributed by atoms with Crippen LogP contribution in [0.4, 0.5) is 5.69 Å². The van der Waals surface area contributed by atoms with Crippen molar-refractivity contribution in [3.63, 3.8) is 0 Å². The molecule has 6 heteroatoms. The molecule has 0 unspecified atom stereocenters. The van der Waals surface area contributed by atoms with Crippen molar-refractivity contribution in [1.82, 2.24) is 0 Å². The third-order valence-corrected chi connectivity index (χ3v) is 2.66. The first kappa shape index (κ1) is 14.3. The van der Waals surface area contributed by atoms with E-state index in [1.807, 2.05) is 0 Å². The summed E-state index contributed by atoms with van der Waals surface area (Å²) >= 11 is 5.83. The molecular formula is C12H14ClNO4. The number of carboxylic acids is 2. The van der Waals surface area contributed by atoms with E-state index < -0.39 is 11.9 Å². The molecule has 0 atom stereocenters. The minimum absolute atomic E-state index is 0.116. The average Bonchev–Trinajstić information content (AvgIpc) is 2.24. The minimum atomic E-state index is -1.00. The van der Waals surface area contributed by atoms with E-state index in [1.54, 1.807) is 25.1 Å². The monoisotopic (exact) mass is 271 g/mol. The Labute approximate surface area is 110 Å². The van der Waals surface area contributed by atoms with Gasteiger partial charge in [0.25, 0.3) is 0 Å². The second kappa shape index (κ2) is 6.26. The van der Waals surface area contributed by atoms with Gasteiger partial charge in [-0.25, -0.2) is 0 Å². The summed E-state index contributed by atoms with van der Waals surface area (Å²) in [5, 5.41) is 18.1. The Morgan fingerprint density at radius 2 is 1.94 bits per heavy atom. The number of aliphatic carboxylic acids is 2. The highest BCUT2D eigenvalue weighted by molar-refractivity contribution is 6.30. The summed E-state index contributed by atoms with van der Waals surface area (Å²) < 4.78 is 0. The van der Waals surface area contributed by atoms with Crippen molar-refractivity contribution in [1.29, 1.82) is 0 Å². The van der Waals surface area contributed by atoms with Crippen LogP contribution >= 0.6 is 11.6 Å². The van der Waals surface area contributed by atoms with Crippen LogP contribution in [0.25, 0.3) is 0 Å². The van der Waals surface area contributed by atoms with Gasteiger partial charge in [0.05, 0.1) is 6.42 Å². The topological polar surface area (TPSA) is 77.8 Å². The van der Waals surface area contributed by atoms with E-state index in [0.717, 1.165) is 5.56 Å². The zero-order valence-corrected chi connectivity index (χ0v) is 10.6. The molecule has 0 aliphatic rings. The van der Waals surface area contributed by atoms with Gasteiger partial charge in [-0.2, -0.15) is 0 Å².